The number of ether oxygens (including phenoxy) is 1. The molecule has 7 nitrogen and oxygen atoms in total. The SMILES string of the molecule is CC(NC(=O)c1ccco1)C(=O)N1CCOC(CO)C1. The summed E-state index contributed by atoms with van der Waals surface area (Å²) in [6, 6.07) is 2.48. The number of amides is 2. The first-order valence-electron chi connectivity index (χ1n) is 6.47. The Morgan fingerprint density at radius 1 is 1.60 bits per heavy atom. The summed E-state index contributed by atoms with van der Waals surface area (Å²) in [5.74, 6) is -0.464. The third-order valence-corrected chi connectivity index (χ3v) is 3.12. The van der Waals surface area contributed by atoms with Gasteiger partial charge in [-0.15, -0.1) is 0 Å². The van der Waals surface area contributed by atoms with E-state index in [0.717, 1.165) is 0 Å². The molecule has 1 aliphatic rings. The van der Waals surface area contributed by atoms with Crippen LogP contribution in [0.4, 0.5) is 0 Å². The van der Waals surface area contributed by atoms with Crippen molar-refractivity contribution in [3.63, 3.8) is 0 Å². The molecule has 0 spiro atoms. The van der Waals surface area contributed by atoms with Gasteiger partial charge in [0.15, 0.2) is 5.76 Å². The van der Waals surface area contributed by atoms with E-state index in [2.05, 4.69) is 5.32 Å². The number of nitrogens with zero attached hydrogens (tertiary/aromatic N) is 1. The quantitative estimate of drug-likeness (QED) is 0.785. The highest BCUT2D eigenvalue weighted by Gasteiger charge is 2.28. The van der Waals surface area contributed by atoms with E-state index in [-0.39, 0.29) is 24.4 Å². The number of furan rings is 1. The summed E-state index contributed by atoms with van der Waals surface area (Å²) < 4.78 is 10.2. The lowest BCUT2D eigenvalue weighted by atomic mass is 10.2. The highest BCUT2D eigenvalue weighted by atomic mass is 16.5. The zero-order valence-corrected chi connectivity index (χ0v) is 11.2. The van der Waals surface area contributed by atoms with Crippen LogP contribution in [0.15, 0.2) is 22.8 Å². The fourth-order valence-electron chi connectivity index (χ4n) is 2.04. The van der Waals surface area contributed by atoms with E-state index in [1.165, 1.54) is 12.3 Å². The number of rotatable bonds is 4. The normalized spacial score (nSPS) is 20.5. The topological polar surface area (TPSA) is 92.0 Å². The number of morpholine rings is 1. The number of nitrogens with one attached hydrogen (secondary N) is 1. The van der Waals surface area contributed by atoms with Crippen molar-refractivity contribution in [2.45, 2.75) is 19.1 Å². The zero-order chi connectivity index (χ0) is 14.5. The molecule has 0 aliphatic carbocycles. The predicted molar refractivity (Wildman–Crippen MR) is 69.0 cm³/mol. The molecule has 2 atom stereocenters. The fourth-order valence-corrected chi connectivity index (χ4v) is 2.04. The van der Waals surface area contributed by atoms with Crippen LogP contribution in [0.1, 0.15) is 17.5 Å². The van der Waals surface area contributed by atoms with Crippen molar-refractivity contribution in [1.82, 2.24) is 10.2 Å². The molecule has 110 valence electrons. The van der Waals surface area contributed by atoms with Crippen molar-refractivity contribution < 1.29 is 23.8 Å². The Balaban J connectivity index is 1.90. The molecule has 1 aromatic heterocycles. The monoisotopic (exact) mass is 282 g/mol. The molecule has 2 unspecified atom stereocenters. The Bertz CT molecular complexity index is 459. The molecule has 2 rings (SSSR count). The first-order valence-corrected chi connectivity index (χ1v) is 6.47. The predicted octanol–water partition coefficient (Wildman–Crippen LogP) is -0.382. The number of hydrogen-bond donors (Lipinski definition) is 2. The Hall–Kier alpha value is -1.86. The minimum atomic E-state index is -0.662. The summed E-state index contributed by atoms with van der Waals surface area (Å²) in [5.41, 5.74) is 0. The van der Waals surface area contributed by atoms with Gasteiger partial charge in [0.25, 0.3) is 5.91 Å². The van der Waals surface area contributed by atoms with Crippen molar-refractivity contribution in [2.75, 3.05) is 26.3 Å². The molecule has 2 amide bonds. The van der Waals surface area contributed by atoms with Gasteiger partial charge < -0.3 is 24.5 Å². The van der Waals surface area contributed by atoms with Crippen molar-refractivity contribution in [1.29, 1.82) is 0 Å². The average molecular weight is 282 g/mol. The molecule has 2 N–H and O–H groups in total. The molecule has 0 radical (unpaired) electrons. The van der Waals surface area contributed by atoms with E-state index >= 15 is 0 Å². The number of aliphatic hydroxyl groups excluding tert-OH is 1. The van der Waals surface area contributed by atoms with Crippen LogP contribution >= 0.6 is 0 Å². The van der Waals surface area contributed by atoms with Gasteiger partial charge in [-0.05, 0) is 19.1 Å². The molecule has 2 heterocycles. The van der Waals surface area contributed by atoms with Gasteiger partial charge in [0.05, 0.1) is 25.6 Å². The van der Waals surface area contributed by atoms with E-state index in [1.807, 2.05) is 0 Å². The standard InChI is InChI=1S/C13H18N2O5/c1-9(14-12(17)11-3-2-5-20-11)13(18)15-4-6-19-10(7-15)8-16/h2-3,5,9-10,16H,4,6-8H2,1H3,(H,14,17). The van der Waals surface area contributed by atoms with Crippen LogP contribution in [-0.4, -0.2) is 60.3 Å². The molecule has 1 aromatic rings. The smallest absolute Gasteiger partial charge is 0.287 e. The maximum Gasteiger partial charge on any atom is 0.287 e. The second kappa shape index (κ2) is 6.53. The first-order chi connectivity index (χ1) is 9.61. The van der Waals surface area contributed by atoms with E-state index in [0.29, 0.717) is 19.7 Å². The minimum Gasteiger partial charge on any atom is -0.459 e. The van der Waals surface area contributed by atoms with E-state index in [9.17, 15) is 9.59 Å². The summed E-state index contributed by atoms with van der Waals surface area (Å²) in [5, 5.41) is 11.6. The Kier molecular flexibility index (Phi) is 4.75. The van der Waals surface area contributed by atoms with Crippen LogP contribution in [0.5, 0.6) is 0 Å². The minimum absolute atomic E-state index is 0.128. The molecular formula is C13H18N2O5. The lowest BCUT2D eigenvalue weighted by Gasteiger charge is -2.33. The van der Waals surface area contributed by atoms with Gasteiger partial charge in [-0.3, -0.25) is 9.59 Å². The number of carbonyl (C=O) groups excluding carboxylic acids is 2. The third kappa shape index (κ3) is 3.37. The second-order valence-electron chi connectivity index (χ2n) is 4.63. The summed E-state index contributed by atoms with van der Waals surface area (Å²) in [4.78, 5) is 25.6. The zero-order valence-electron chi connectivity index (χ0n) is 11.2. The highest BCUT2D eigenvalue weighted by molar-refractivity contribution is 5.95. The third-order valence-electron chi connectivity index (χ3n) is 3.12. The lowest BCUT2D eigenvalue weighted by molar-refractivity contribution is -0.141. The van der Waals surface area contributed by atoms with Crippen LogP contribution in [0, 0.1) is 0 Å². The summed E-state index contributed by atoms with van der Waals surface area (Å²) in [6.45, 7) is 2.66. The molecular weight excluding hydrogens is 264 g/mol. The highest BCUT2D eigenvalue weighted by Crippen LogP contribution is 2.07. The van der Waals surface area contributed by atoms with Gasteiger partial charge in [0.1, 0.15) is 6.04 Å². The molecule has 1 fully saturated rings. The van der Waals surface area contributed by atoms with Crippen LogP contribution < -0.4 is 5.32 Å². The Morgan fingerprint density at radius 2 is 2.40 bits per heavy atom. The molecule has 0 bridgehead atoms. The Labute approximate surface area is 116 Å². The maximum atomic E-state index is 12.2. The van der Waals surface area contributed by atoms with Crippen molar-refractivity contribution in [3.05, 3.63) is 24.2 Å². The molecule has 20 heavy (non-hydrogen) atoms. The van der Waals surface area contributed by atoms with Crippen molar-refractivity contribution in [2.24, 2.45) is 0 Å². The van der Waals surface area contributed by atoms with Crippen molar-refractivity contribution in [3.8, 4) is 0 Å². The van der Waals surface area contributed by atoms with Crippen molar-refractivity contribution >= 4 is 11.8 Å². The molecule has 0 saturated carbocycles. The number of hydrogen-bond acceptors (Lipinski definition) is 5. The van der Waals surface area contributed by atoms with Gasteiger partial charge >= 0.3 is 0 Å². The number of aliphatic hydroxyl groups is 1. The Morgan fingerprint density at radius 3 is 3.05 bits per heavy atom. The number of carbonyl (C=O) groups is 2. The van der Waals surface area contributed by atoms with Gasteiger partial charge in [0.2, 0.25) is 5.91 Å². The largest absolute Gasteiger partial charge is 0.459 e. The summed E-state index contributed by atoms with van der Waals surface area (Å²) >= 11 is 0. The van der Waals surface area contributed by atoms with Crippen LogP contribution in [0.2, 0.25) is 0 Å². The van der Waals surface area contributed by atoms with Gasteiger partial charge in [0, 0.05) is 13.1 Å². The van der Waals surface area contributed by atoms with Gasteiger partial charge in [-0.25, -0.2) is 0 Å². The molecule has 1 aliphatic heterocycles. The van der Waals surface area contributed by atoms with Crippen LogP contribution in [-0.2, 0) is 9.53 Å². The van der Waals surface area contributed by atoms with Gasteiger partial charge in [-0.1, -0.05) is 0 Å². The fraction of sp³-hybridized carbons (Fsp3) is 0.538. The molecule has 7 heteroatoms. The summed E-state index contributed by atoms with van der Waals surface area (Å²) in [6.07, 6.45) is 1.04. The second-order valence-corrected chi connectivity index (χ2v) is 4.63. The maximum absolute atomic E-state index is 12.2. The van der Waals surface area contributed by atoms with E-state index < -0.39 is 11.9 Å². The van der Waals surface area contributed by atoms with Gasteiger partial charge in [-0.2, -0.15) is 0 Å². The van der Waals surface area contributed by atoms with Crippen LogP contribution in [0.25, 0.3) is 0 Å². The van der Waals surface area contributed by atoms with E-state index in [4.69, 9.17) is 14.3 Å². The lowest BCUT2D eigenvalue weighted by Crippen LogP contribution is -2.53. The molecule has 1 saturated heterocycles. The first kappa shape index (κ1) is 14.5. The average Bonchev–Trinajstić information content (AvgIpc) is 3.00. The van der Waals surface area contributed by atoms with Crippen LogP contribution in [0.3, 0.4) is 0 Å². The molecule has 0 aromatic carbocycles. The van der Waals surface area contributed by atoms with E-state index in [1.54, 1.807) is 17.9 Å². The summed E-state index contributed by atoms with van der Waals surface area (Å²) in [7, 11) is 0.